The van der Waals surface area contributed by atoms with Gasteiger partial charge >= 0.3 is 0 Å². The second-order valence-corrected chi connectivity index (χ2v) is 10.2. The van der Waals surface area contributed by atoms with Crippen LogP contribution in [-0.2, 0) is 6.61 Å². The zero-order chi connectivity index (χ0) is 25.7. The first-order chi connectivity index (χ1) is 17.4. The Labute approximate surface area is 227 Å². The SMILES string of the molecule is CCOc1cc(C=Nn2c([C@@H](C)CC)nc3ccc(Br)cc3c2=O)ccc1OCc1ccc(Br)cc1. The van der Waals surface area contributed by atoms with Crippen molar-refractivity contribution < 1.29 is 9.47 Å². The van der Waals surface area contributed by atoms with Crippen molar-refractivity contribution in [1.29, 1.82) is 0 Å². The average molecular weight is 613 g/mol. The van der Waals surface area contributed by atoms with Crippen LogP contribution in [0.25, 0.3) is 10.9 Å². The van der Waals surface area contributed by atoms with Crippen LogP contribution in [-0.4, -0.2) is 22.5 Å². The van der Waals surface area contributed by atoms with Crippen LogP contribution >= 0.6 is 31.9 Å². The summed E-state index contributed by atoms with van der Waals surface area (Å²) in [5.74, 6) is 1.96. The van der Waals surface area contributed by atoms with Crippen molar-refractivity contribution in [2.75, 3.05) is 6.61 Å². The van der Waals surface area contributed by atoms with Crippen LogP contribution in [0.2, 0.25) is 0 Å². The van der Waals surface area contributed by atoms with E-state index in [0.29, 0.717) is 41.4 Å². The fraction of sp³-hybridized carbons (Fsp3) is 0.250. The van der Waals surface area contributed by atoms with Crippen LogP contribution in [0.4, 0.5) is 0 Å². The third-order valence-electron chi connectivity index (χ3n) is 5.78. The van der Waals surface area contributed by atoms with Crippen LogP contribution < -0.4 is 15.0 Å². The number of ether oxygens (including phenoxy) is 2. The summed E-state index contributed by atoms with van der Waals surface area (Å²) < 4.78 is 15.1. The highest BCUT2D eigenvalue weighted by Crippen LogP contribution is 2.29. The molecule has 0 N–H and O–H groups in total. The summed E-state index contributed by atoms with van der Waals surface area (Å²) in [4.78, 5) is 18.1. The molecule has 186 valence electrons. The zero-order valence-corrected chi connectivity index (χ0v) is 23.5. The molecular weight excluding hydrogens is 586 g/mol. The lowest BCUT2D eigenvalue weighted by molar-refractivity contribution is 0.269. The molecular formula is C28H27Br2N3O3. The van der Waals surface area contributed by atoms with Crippen molar-refractivity contribution in [2.45, 2.75) is 39.7 Å². The minimum Gasteiger partial charge on any atom is -0.490 e. The van der Waals surface area contributed by atoms with Crippen molar-refractivity contribution in [3.05, 3.63) is 96.9 Å². The number of hydrogen-bond donors (Lipinski definition) is 0. The van der Waals surface area contributed by atoms with Gasteiger partial charge in [0.25, 0.3) is 5.56 Å². The molecule has 4 rings (SSSR count). The molecule has 0 aliphatic heterocycles. The van der Waals surface area contributed by atoms with Crippen molar-refractivity contribution in [2.24, 2.45) is 5.10 Å². The van der Waals surface area contributed by atoms with E-state index in [1.165, 1.54) is 4.68 Å². The zero-order valence-electron chi connectivity index (χ0n) is 20.4. The number of hydrogen-bond acceptors (Lipinski definition) is 5. The molecule has 0 unspecified atom stereocenters. The van der Waals surface area contributed by atoms with Crippen LogP contribution in [0, 0.1) is 0 Å². The van der Waals surface area contributed by atoms with Gasteiger partial charge < -0.3 is 9.47 Å². The Morgan fingerprint density at radius 2 is 1.72 bits per heavy atom. The molecule has 0 saturated carbocycles. The summed E-state index contributed by atoms with van der Waals surface area (Å²) in [7, 11) is 0. The van der Waals surface area contributed by atoms with Crippen LogP contribution in [0.3, 0.4) is 0 Å². The van der Waals surface area contributed by atoms with Gasteiger partial charge in [-0.1, -0.05) is 57.8 Å². The smallest absolute Gasteiger partial charge is 0.282 e. The Kier molecular flexibility index (Phi) is 8.59. The number of benzene rings is 3. The summed E-state index contributed by atoms with van der Waals surface area (Å²) in [5.41, 5.74) is 2.30. The molecule has 0 saturated heterocycles. The van der Waals surface area contributed by atoms with Gasteiger partial charge in [-0.25, -0.2) is 4.98 Å². The standard InChI is InChI=1S/C28H27Br2N3O3/c1-4-18(3)27-32-24-12-11-22(30)15-23(24)28(34)33(27)31-16-20-8-13-25(26(14-20)35-5-2)36-17-19-6-9-21(29)10-7-19/h6-16,18H,4-5,17H2,1-3H3/t18-/m0/s1. The summed E-state index contributed by atoms with van der Waals surface area (Å²) in [5, 5.41) is 5.07. The first-order valence-electron chi connectivity index (χ1n) is 11.8. The van der Waals surface area contributed by atoms with Gasteiger partial charge in [0.2, 0.25) is 0 Å². The first-order valence-corrected chi connectivity index (χ1v) is 13.4. The van der Waals surface area contributed by atoms with Crippen molar-refractivity contribution in [3.63, 3.8) is 0 Å². The van der Waals surface area contributed by atoms with Crippen LogP contribution in [0.5, 0.6) is 11.5 Å². The molecule has 1 aromatic heterocycles. The molecule has 1 atom stereocenters. The van der Waals surface area contributed by atoms with E-state index in [-0.39, 0.29) is 11.5 Å². The van der Waals surface area contributed by atoms with E-state index in [1.54, 1.807) is 12.3 Å². The van der Waals surface area contributed by atoms with Gasteiger partial charge in [-0.2, -0.15) is 9.78 Å². The Hall–Kier alpha value is -2.97. The van der Waals surface area contributed by atoms with Gasteiger partial charge in [-0.15, -0.1) is 0 Å². The molecule has 36 heavy (non-hydrogen) atoms. The Balaban J connectivity index is 1.66. The maximum atomic E-state index is 13.3. The first kappa shape index (κ1) is 26.1. The third kappa shape index (κ3) is 6.05. The molecule has 0 bridgehead atoms. The minimum absolute atomic E-state index is 0.0660. The van der Waals surface area contributed by atoms with Gasteiger partial charge in [0.1, 0.15) is 12.4 Å². The molecule has 0 aliphatic rings. The van der Waals surface area contributed by atoms with Gasteiger partial charge in [0, 0.05) is 14.9 Å². The predicted molar refractivity (Wildman–Crippen MR) is 151 cm³/mol. The lowest BCUT2D eigenvalue weighted by Gasteiger charge is -2.14. The Bertz CT molecular complexity index is 1450. The molecule has 0 aliphatic carbocycles. The molecule has 0 amide bonds. The van der Waals surface area contributed by atoms with E-state index in [2.05, 4.69) is 43.9 Å². The average Bonchev–Trinajstić information content (AvgIpc) is 2.88. The molecule has 6 nitrogen and oxygen atoms in total. The van der Waals surface area contributed by atoms with E-state index in [4.69, 9.17) is 14.5 Å². The lowest BCUT2D eigenvalue weighted by Crippen LogP contribution is -2.23. The Morgan fingerprint density at radius 1 is 0.972 bits per heavy atom. The summed E-state index contributed by atoms with van der Waals surface area (Å²) in [6.07, 6.45) is 2.49. The number of rotatable bonds is 9. The normalized spacial score (nSPS) is 12.2. The maximum Gasteiger partial charge on any atom is 0.282 e. The highest BCUT2D eigenvalue weighted by atomic mass is 79.9. The van der Waals surface area contributed by atoms with Crippen LogP contribution in [0.15, 0.2) is 79.5 Å². The van der Waals surface area contributed by atoms with E-state index in [1.807, 2.05) is 68.4 Å². The van der Waals surface area contributed by atoms with Crippen molar-refractivity contribution >= 4 is 49.0 Å². The fourth-order valence-corrected chi connectivity index (χ4v) is 4.26. The highest BCUT2D eigenvalue weighted by molar-refractivity contribution is 9.10. The van der Waals surface area contributed by atoms with Gasteiger partial charge in [0.15, 0.2) is 11.5 Å². The number of fused-ring (bicyclic) bond motifs is 1. The minimum atomic E-state index is -0.202. The summed E-state index contributed by atoms with van der Waals surface area (Å²) in [6.45, 7) is 6.96. The van der Waals surface area contributed by atoms with Crippen molar-refractivity contribution in [1.82, 2.24) is 9.66 Å². The third-order valence-corrected chi connectivity index (χ3v) is 6.81. The molecule has 8 heteroatoms. The van der Waals surface area contributed by atoms with E-state index in [0.717, 1.165) is 26.5 Å². The monoisotopic (exact) mass is 611 g/mol. The summed E-state index contributed by atoms with van der Waals surface area (Å²) >= 11 is 6.89. The number of nitrogens with zero attached hydrogens (tertiary/aromatic N) is 3. The second kappa shape index (κ2) is 11.8. The van der Waals surface area contributed by atoms with Crippen molar-refractivity contribution in [3.8, 4) is 11.5 Å². The number of halogens is 2. The lowest BCUT2D eigenvalue weighted by atomic mass is 10.1. The molecule has 0 spiro atoms. The van der Waals surface area contributed by atoms with E-state index in [9.17, 15) is 4.79 Å². The van der Waals surface area contributed by atoms with Gasteiger partial charge in [-0.3, -0.25) is 4.79 Å². The molecule has 0 fully saturated rings. The summed E-state index contributed by atoms with van der Waals surface area (Å²) in [6, 6.07) is 19.1. The fourth-order valence-electron chi connectivity index (χ4n) is 3.64. The van der Waals surface area contributed by atoms with E-state index < -0.39 is 0 Å². The molecule has 1 heterocycles. The van der Waals surface area contributed by atoms with Crippen LogP contribution in [0.1, 0.15) is 50.1 Å². The predicted octanol–water partition coefficient (Wildman–Crippen LogP) is 7.29. The largest absolute Gasteiger partial charge is 0.490 e. The number of aromatic nitrogens is 2. The topological polar surface area (TPSA) is 65.7 Å². The molecule has 0 radical (unpaired) electrons. The molecule has 3 aromatic carbocycles. The quantitative estimate of drug-likeness (QED) is 0.186. The van der Waals surface area contributed by atoms with Gasteiger partial charge in [-0.05, 0) is 73.0 Å². The molecule has 4 aromatic rings. The highest BCUT2D eigenvalue weighted by Gasteiger charge is 2.16. The second-order valence-electron chi connectivity index (χ2n) is 8.36. The maximum absolute atomic E-state index is 13.3. The van der Waals surface area contributed by atoms with E-state index >= 15 is 0 Å². The van der Waals surface area contributed by atoms with Gasteiger partial charge in [0.05, 0.1) is 23.7 Å². The Morgan fingerprint density at radius 3 is 2.44 bits per heavy atom.